The molecule has 33 heavy (non-hydrogen) atoms. The van der Waals surface area contributed by atoms with E-state index in [1.807, 2.05) is 61.5 Å². The maximum absolute atomic E-state index is 12.6. The lowest BCUT2D eigenvalue weighted by molar-refractivity contribution is 0.0938. The van der Waals surface area contributed by atoms with E-state index < -0.39 is 0 Å². The summed E-state index contributed by atoms with van der Waals surface area (Å²) in [6, 6.07) is 24.1. The maximum atomic E-state index is 12.6. The van der Waals surface area contributed by atoms with Crippen molar-refractivity contribution in [2.75, 3.05) is 5.32 Å². The Labute approximate surface area is 205 Å². The summed E-state index contributed by atoms with van der Waals surface area (Å²) >= 11 is 12.9. The number of rotatable bonds is 5. The zero-order valence-corrected chi connectivity index (χ0v) is 20.0. The molecule has 0 fully saturated rings. The summed E-state index contributed by atoms with van der Waals surface area (Å²) in [4.78, 5) is 25.6. The molecule has 0 aliphatic rings. The zero-order valence-electron chi connectivity index (χ0n) is 17.6. The van der Waals surface area contributed by atoms with Crippen molar-refractivity contribution in [1.29, 1.82) is 0 Å². The smallest absolute Gasteiger partial charge is 0.269 e. The van der Waals surface area contributed by atoms with Crippen LogP contribution < -0.4 is 16.0 Å². The van der Waals surface area contributed by atoms with E-state index in [9.17, 15) is 9.59 Å². The number of halogens is 1. The quantitative estimate of drug-likeness (QED) is 0.291. The second kappa shape index (κ2) is 10.1. The predicted octanol–water partition coefficient (Wildman–Crippen LogP) is 6.17. The number of carbonyl (C=O) groups is 2. The van der Waals surface area contributed by atoms with Gasteiger partial charge in [-0.3, -0.25) is 14.9 Å². The summed E-state index contributed by atoms with van der Waals surface area (Å²) in [6.45, 7) is 1.94. The Kier molecular flexibility index (Phi) is 7.03. The summed E-state index contributed by atoms with van der Waals surface area (Å²) in [5.74, 6) is -0.544. The van der Waals surface area contributed by atoms with Gasteiger partial charge in [0.25, 0.3) is 11.8 Å². The molecule has 4 rings (SSSR count). The molecule has 5 nitrogen and oxygen atoms in total. The van der Waals surface area contributed by atoms with Gasteiger partial charge in [-0.05, 0) is 55.0 Å². The minimum atomic E-state index is -0.371. The fourth-order valence-electron chi connectivity index (χ4n) is 3.29. The molecule has 1 unspecified atom stereocenters. The highest BCUT2D eigenvalue weighted by Crippen LogP contribution is 2.35. The lowest BCUT2D eigenvalue weighted by atomic mass is 10.1. The Hall–Kier alpha value is -3.26. The third kappa shape index (κ3) is 5.39. The Balaban J connectivity index is 1.35. The molecule has 0 aliphatic heterocycles. The fourth-order valence-corrected chi connectivity index (χ4v) is 4.92. The molecule has 4 aromatic rings. The van der Waals surface area contributed by atoms with Crippen LogP contribution in [0.15, 0.2) is 78.9 Å². The van der Waals surface area contributed by atoms with Crippen LogP contribution in [0.1, 0.15) is 38.6 Å². The molecule has 1 aromatic heterocycles. The number of anilines is 1. The van der Waals surface area contributed by atoms with Crippen LogP contribution in [0.4, 0.5) is 5.69 Å². The van der Waals surface area contributed by atoms with E-state index in [-0.39, 0.29) is 23.0 Å². The minimum Gasteiger partial charge on any atom is -0.346 e. The molecule has 1 heterocycles. The number of fused-ring (bicyclic) bond motifs is 1. The molecule has 2 amide bonds. The van der Waals surface area contributed by atoms with Crippen molar-refractivity contribution in [3.8, 4) is 0 Å². The molecule has 0 spiro atoms. The van der Waals surface area contributed by atoms with E-state index in [0.717, 1.165) is 15.6 Å². The number of thiocarbonyl (C=S) groups is 1. The summed E-state index contributed by atoms with van der Waals surface area (Å²) in [7, 11) is 0. The Bertz CT molecular complexity index is 1320. The van der Waals surface area contributed by atoms with Crippen molar-refractivity contribution in [1.82, 2.24) is 10.6 Å². The second-order valence-corrected chi connectivity index (χ2v) is 9.17. The van der Waals surface area contributed by atoms with Gasteiger partial charge < -0.3 is 10.6 Å². The average Bonchev–Trinajstić information content (AvgIpc) is 3.16. The number of carbonyl (C=O) groups excluding carboxylic acids is 2. The molecular formula is C25H20ClN3O2S2. The standard InChI is InChI=1S/C25H20ClN3O2S2/c1-15(16-7-3-2-4-8-16)27-23(30)17-11-13-18(14-12-17)28-25(32)29-24(31)22-21(26)19-9-5-6-10-20(19)33-22/h2-15H,1H3,(H,27,30)(H2,28,29,31,32). The lowest BCUT2D eigenvalue weighted by Gasteiger charge is -2.14. The van der Waals surface area contributed by atoms with Crippen molar-refractivity contribution < 1.29 is 9.59 Å². The molecule has 166 valence electrons. The van der Waals surface area contributed by atoms with Crippen LogP contribution >= 0.6 is 35.2 Å². The molecular weight excluding hydrogens is 474 g/mol. The van der Waals surface area contributed by atoms with E-state index in [2.05, 4.69) is 16.0 Å². The van der Waals surface area contributed by atoms with Crippen molar-refractivity contribution in [2.45, 2.75) is 13.0 Å². The first kappa shape index (κ1) is 22.9. The Morgan fingerprint density at radius 2 is 1.58 bits per heavy atom. The molecule has 0 saturated heterocycles. The highest BCUT2D eigenvalue weighted by atomic mass is 35.5. The summed E-state index contributed by atoms with van der Waals surface area (Å²) < 4.78 is 0.932. The number of hydrogen-bond acceptors (Lipinski definition) is 4. The third-order valence-corrected chi connectivity index (χ3v) is 6.90. The predicted molar refractivity (Wildman–Crippen MR) is 139 cm³/mol. The van der Waals surface area contributed by atoms with Crippen molar-refractivity contribution >= 4 is 67.9 Å². The normalized spacial score (nSPS) is 11.6. The first-order valence-electron chi connectivity index (χ1n) is 10.2. The number of hydrogen-bond donors (Lipinski definition) is 3. The van der Waals surface area contributed by atoms with Crippen LogP contribution in [0.25, 0.3) is 10.1 Å². The van der Waals surface area contributed by atoms with Gasteiger partial charge in [0, 0.05) is 21.3 Å². The number of amides is 2. The second-order valence-electron chi connectivity index (χ2n) is 7.33. The molecule has 1 atom stereocenters. The van der Waals surface area contributed by atoms with Gasteiger partial charge in [-0.2, -0.15) is 0 Å². The average molecular weight is 494 g/mol. The summed E-state index contributed by atoms with van der Waals surface area (Å²) in [5, 5.41) is 9.99. The van der Waals surface area contributed by atoms with Crippen molar-refractivity contribution in [3.05, 3.63) is 99.9 Å². The molecule has 0 bridgehead atoms. The van der Waals surface area contributed by atoms with E-state index in [1.54, 1.807) is 24.3 Å². The highest BCUT2D eigenvalue weighted by Gasteiger charge is 2.18. The van der Waals surface area contributed by atoms with Crippen LogP contribution in [0, 0.1) is 0 Å². The van der Waals surface area contributed by atoms with Gasteiger partial charge in [-0.1, -0.05) is 60.1 Å². The molecule has 0 aliphatic carbocycles. The van der Waals surface area contributed by atoms with E-state index in [0.29, 0.717) is 21.2 Å². The van der Waals surface area contributed by atoms with Gasteiger partial charge in [0.15, 0.2) is 5.11 Å². The van der Waals surface area contributed by atoms with Crippen LogP contribution in [0.5, 0.6) is 0 Å². The SMILES string of the molecule is CC(NC(=O)c1ccc(NC(=S)NC(=O)c2sc3ccccc3c2Cl)cc1)c1ccccc1. The molecule has 0 saturated carbocycles. The van der Waals surface area contributed by atoms with Gasteiger partial charge in [-0.15, -0.1) is 11.3 Å². The number of nitrogens with one attached hydrogen (secondary N) is 3. The molecule has 8 heteroatoms. The van der Waals surface area contributed by atoms with E-state index >= 15 is 0 Å². The van der Waals surface area contributed by atoms with Gasteiger partial charge in [0.1, 0.15) is 4.88 Å². The summed E-state index contributed by atoms with van der Waals surface area (Å²) in [6.07, 6.45) is 0. The van der Waals surface area contributed by atoms with Crippen LogP contribution in [0.2, 0.25) is 5.02 Å². The van der Waals surface area contributed by atoms with Gasteiger partial charge >= 0.3 is 0 Å². The lowest BCUT2D eigenvalue weighted by Crippen LogP contribution is -2.33. The fraction of sp³-hybridized carbons (Fsp3) is 0.0800. The van der Waals surface area contributed by atoms with Crippen molar-refractivity contribution in [3.63, 3.8) is 0 Å². The van der Waals surface area contributed by atoms with Crippen LogP contribution in [0.3, 0.4) is 0 Å². The first-order valence-corrected chi connectivity index (χ1v) is 11.8. The first-order chi connectivity index (χ1) is 15.9. The molecule has 3 aromatic carbocycles. The van der Waals surface area contributed by atoms with Crippen molar-refractivity contribution in [2.24, 2.45) is 0 Å². The topological polar surface area (TPSA) is 70.2 Å². The van der Waals surface area contributed by atoms with Crippen LogP contribution in [-0.4, -0.2) is 16.9 Å². The third-order valence-electron chi connectivity index (χ3n) is 5.02. The Morgan fingerprint density at radius 3 is 2.27 bits per heavy atom. The number of thiophene rings is 1. The minimum absolute atomic E-state index is 0.111. The number of benzene rings is 3. The van der Waals surface area contributed by atoms with Gasteiger partial charge in [-0.25, -0.2) is 0 Å². The Morgan fingerprint density at radius 1 is 0.909 bits per heavy atom. The zero-order chi connectivity index (χ0) is 23.4. The molecule has 3 N–H and O–H groups in total. The van der Waals surface area contributed by atoms with Crippen LogP contribution in [-0.2, 0) is 0 Å². The largest absolute Gasteiger partial charge is 0.346 e. The maximum Gasteiger partial charge on any atom is 0.269 e. The monoisotopic (exact) mass is 493 g/mol. The van der Waals surface area contributed by atoms with E-state index in [4.69, 9.17) is 23.8 Å². The summed E-state index contributed by atoms with van der Waals surface area (Å²) in [5.41, 5.74) is 2.20. The van der Waals surface area contributed by atoms with E-state index in [1.165, 1.54) is 11.3 Å². The van der Waals surface area contributed by atoms with Gasteiger partial charge in [0.2, 0.25) is 0 Å². The van der Waals surface area contributed by atoms with Gasteiger partial charge in [0.05, 0.1) is 11.1 Å². The highest BCUT2D eigenvalue weighted by molar-refractivity contribution is 7.80. The molecule has 0 radical (unpaired) electrons.